The topological polar surface area (TPSA) is 32.7 Å². The Balaban J connectivity index is 2.24. The van der Waals surface area contributed by atoms with Crippen molar-refractivity contribution in [1.82, 2.24) is 0 Å². The summed E-state index contributed by atoms with van der Waals surface area (Å²) < 4.78 is 14.0. The van der Waals surface area contributed by atoms with E-state index in [1.54, 1.807) is 24.9 Å². The van der Waals surface area contributed by atoms with Crippen molar-refractivity contribution in [3.63, 3.8) is 0 Å². The van der Waals surface area contributed by atoms with Crippen LogP contribution >= 0.6 is 15.9 Å². The van der Waals surface area contributed by atoms with E-state index in [1.807, 2.05) is 31.3 Å². The van der Waals surface area contributed by atoms with Gasteiger partial charge >= 0.3 is 0 Å². The van der Waals surface area contributed by atoms with Crippen LogP contribution in [0.5, 0.6) is 0 Å². The summed E-state index contributed by atoms with van der Waals surface area (Å²) in [6.07, 6.45) is 1.72. The lowest BCUT2D eigenvalue weighted by Gasteiger charge is -2.15. The van der Waals surface area contributed by atoms with Gasteiger partial charge in [0.05, 0.1) is 11.4 Å². The predicted octanol–water partition coefficient (Wildman–Crippen LogP) is 5.23. The molecule has 0 aliphatic heterocycles. The lowest BCUT2D eigenvalue weighted by molar-refractivity contribution is 0.104. The summed E-state index contributed by atoms with van der Waals surface area (Å²) in [4.78, 5) is 12.6. The number of carbonyl (C=O) groups excluding carboxylic acids is 1. The highest BCUT2D eigenvalue weighted by Gasteiger charge is 2.15. The maximum Gasteiger partial charge on any atom is 0.194 e. The second-order valence-electron chi connectivity index (χ2n) is 5.22. The van der Waals surface area contributed by atoms with Crippen LogP contribution in [0.1, 0.15) is 24.2 Å². The zero-order valence-corrected chi connectivity index (χ0v) is 15.3. The Morgan fingerprint density at radius 3 is 2.25 bits per heavy atom. The molecule has 0 radical (unpaired) electrons. The van der Waals surface area contributed by atoms with Gasteiger partial charge in [0, 0.05) is 22.7 Å². The summed E-state index contributed by atoms with van der Waals surface area (Å²) in [6, 6.07) is 13.2. The van der Waals surface area contributed by atoms with Gasteiger partial charge in [-0.15, -0.1) is 0 Å². The molecule has 2 aromatic carbocycles. The van der Waals surface area contributed by atoms with Crippen molar-refractivity contribution in [1.29, 1.82) is 0 Å². The fraction of sp³-hybridized carbons (Fsp3) is 0.158. The molecule has 24 heavy (non-hydrogen) atoms. The molecule has 0 aromatic heterocycles. The van der Waals surface area contributed by atoms with E-state index in [4.69, 9.17) is 0 Å². The third kappa shape index (κ3) is 4.38. The average Bonchev–Trinajstić information content (AvgIpc) is 2.56. The first-order valence-corrected chi connectivity index (χ1v) is 8.23. The molecule has 0 unspecified atom stereocenters. The second-order valence-corrected chi connectivity index (χ2v) is 6.14. The van der Waals surface area contributed by atoms with Gasteiger partial charge in [-0.05, 0) is 62.4 Å². The highest BCUT2D eigenvalue weighted by Crippen LogP contribution is 2.18. The standard InChI is InChI=1S/C19H18BrFN2O/c1-4-18(19(24)14-5-9-16(21)10-6-14)13(2)22-23(3)17-11-7-15(20)8-12-17/h4-12H,1-3H3/b18-4-,22-13-. The van der Waals surface area contributed by atoms with Crippen LogP contribution in [0.3, 0.4) is 0 Å². The molecule has 0 saturated heterocycles. The number of benzene rings is 2. The zero-order chi connectivity index (χ0) is 17.7. The van der Waals surface area contributed by atoms with Crippen molar-refractivity contribution < 1.29 is 9.18 Å². The highest BCUT2D eigenvalue weighted by atomic mass is 79.9. The molecule has 0 spiro atoms. The number of nitrogens with zero attached hydrogens (tertiary/aromatic N) is 2. The van der Waals surface area contributed by atoms with Gasteiger partial charge in [-0.2, -0.15) is 5.10 Å². The summed E-state index contributed by atoms with van der Waals surface area (Å²) in [5, 5.41) is 6.20. The Bertz CT molecular complexity index is 780. The lowest BCUT2D eigenvalue weighted by atomic mass is 10.00. The molecule has 5 heteroatoms. The minimum Gasteiger partial charge on any atom is -0.289 e. The molecular formula is C19H18BrFN2O. The zero-order valence-electron chi connectivity index (χ0n) is 13.8. The molecule has 0 bridgehead atoms. The molecule has 0 saturated carbocycles. The molecule has 3 nitrogen and oxygen atoms in total. The first-order valence-electron chi connectivity index (χ1n) is 7.44. The third-order valence-corrected chi connectivity index (χ3v) is 4.06. The predicted molar refractivity (Wildman–Crippen MR) is 100 cm³/mol. The van der Waals surface area contributed by atoms with Crippen molar-refractivity contribution in [2.75, 3.05) is 12.1 Å². The van der Waals surface area contributed by atoms with E-state index in [0.717, 1.165) is 10.2 Å². The molecule has 0 N–H and O–H groups in total. The SMILES string of the molecule is C/C=C(C(=O)c1ccc(F)cc1)/C(C)=N\N(C)c1ccc(Br)cc1. The fourth-order valence-electron chi connectivity index (χ4n) is 2.25. The van der Waals surface area contributed by atoms with Gasteiger partial charge in [0.15, 0.2) is 5.78 Å². The van der Waals surface area contributed by atoms with E-state index in [2.05, 4.69) is 21.0 Å². The van der Waals surface area contributed by atoms with E-state index >= 15 is 0 Å². The molecule has 0 heterocycles. The van der Waals surface area contributed by atoms with Crippen molar-refractivity contribution in [3.05, 3.63) is 76.0 Å². The molecule has 0 aliphatic carbocycles. The fourth-order valence-corrected chi connectivity index (χ4v) is 2.52. The van der Waals surface area contributed by atoms with E-state index in [9.17, 15) is 9.18 Å². The molecular weight excluding hydrogens is 371 g/mol. The van der Waals surface area contributed by atoms with Crippen LogP contribution in [-0.2, 0) is 0 Å². The van der Waals surface area contributed by atoms with Gasteiger partial charge in [-0.25, -0.2) is 4.39 Å². The van der Waals surface area contributed by atoms with Crippen molar-refractivity contribution >= 4 is 33.1 Å². The maximum atomic E-state index is 13.0. The Labute approximate surface area is 149 Å². The summed E-state index contributed by atoms with van der Waals surface area (Å²) in [7, 11) is 1.82. The molecule has 0 atom stereocenters. The van der Waals surface area contributed by atoms with Crippen LogP contribution in [0.25, 0.3) is 0 Å². The summed E-state index contributed by atoms with van der Waals surface area (Å²) in [5.41, 5.74) is 2.43. The van der Waals surface area contributed by atoms with Crippen LogP contribution < -0.4 is 5.01 Å². The van der Waals surface area contributed by atoms with Crippen molar-refractivity contribution in [2.24, 2.45) is 5.10 Å². The number of allylic oxidation sites excluding steroid dienone is 2. The quantitative estimate of drug-likeness (QED) is 0.304. The minimum absolute atomic E-state index is 0.178. The highest BCUT2D eigenvalue weighted by molar-refractivity contribution is 9.10. The first kappa shape index (κ1) is 18.1. The molecule has 124 valence electrons. The van der Waals surface area contributed by atoms with Gasteiger partial charge in [0.1, 0.15) is 5.82 Å². The average molecular weight is 389 g/mol. The van der Waals surface area contributed by atoms with E-state index in [-0.39, 0.29) is 11.6 Å². The Morgan fingerprint density at radius 2 is 1.71 bits per heavy atom. The van der Waals surface area contributed by atoms with Gasteiger partial charge < -0.3 is 0 Å². The largest absolute Gasteiger partial charge is 0.289 e. The Kier molecular flexibility index (Phi) is 6.04. The number of hydrazone groups is 1. The number of carbonyl (C=O) groups is 1. The maximum absolute atomic E-state index is 13.0. The van der Waals surface area contributed by atoms with E-state index < -0.39 is 0 Å². The number of anilines is 1. The molecule has 0 aliphatic rings. The van der Waals surface area contributed by atoms with Crippen LogP contribution in [0.4, 0.5) is 10.1 Å². The van der Waals surface area contributed by atoms with E-state index in [0.29, 0.717) is 16.8 Å². The number of hydrogen-bond donors (Lipinski definition) is 0. The van der Waals surface area contributed by atoms with Crippen molar-refractivity contribution in [3.8, 4) is 0 Å². The third-order valence-electron chi connectivity index (χ3n) is 3.53. The van der Waals surface area contributed by atoms with Crippen LogP contribution in [0.2, 0.25) is 0 Å². The number of hydrogen-bond acceptors (Lipinski definition) is 3. The molecule has 0 fully saturated rings. The summed E-state index contributed by atoms with van der Waals surface area (Å²) in [5.74, 6) is -0.545. The van der Waals surface area contributed by atoms with Crippen LogP contribution in [0.15, 0.2) is 69.8 Å². The number of Topliss-reactive ketones (excluding diaryl/α,β-unsaturated/α-hetero) is 1. The van der Waals surface area contributed by atoms with Crippen molar-refractivity contribution in [2.45, 2.75) is 13.8 Å². The van der Waals surface area contributed by atoms with E-state index in [1.165, 1.54) is 24.3 Å². The molecule has 0 amide bonds. The van der Waals surface area contributed by atoms with Gasteiger partial charge in [-0.3, -0.25) is 9.80 Å². The smallest absolute Gasteiger partial charge is 0.194 e. The monoisotopic (exact) mass is 388 g/mol. The summed E-state index contributed by atoms with van der Waals surface area (Å²) in [6.45, 7) is 3.57. The second kappa shape index (κ2) is 8.02. The number of rotatable bonds is 5. The molecule has 2 rings (SSSR count). The number of halogens is 2. The summed E-state index contributed by atoms with van der Waals surface area (Å²) >= 11 is 3.40. The first-order chi connectivity index (χ1) is 11.4. The van der Waals surface area contributed by atoms with Crippen LogP contribution in [0, 0.1) is 5.82 Å². The van der Waals surface area contributed by atoms with Gasteiger partial charge in [0.2, 0.25) is 0 Å². The van der Waals surface area contributed by atoms with Gasteiger partial charge in [-0.1, -0.05) is 22.0 Å². The minimum atomic E-state index is -0.367. The number of ketones is 1. The van der Waals surface area contributed by atoms with Gasteiger partial charge in [0.25, 0.3) is 0 Å². The van der Waals surface area contributed by atoms with Crippen LogP contribution in [-0.4, -0.2) is 18.5 Å². The lowest BCUT2D eigenvalue weighted by Crippen LogP contribution is -2.17. The molecule has 2 aromatic rings. The Morgan fingerprint density at radius 1 is 1.12 bits per heavy atom. The normalized spacial score (nSPS) is 12.2. The Hall–Kier alpha value is -2.27.